The molecule has 4 heteroatoms. The molecule has 2 aromatic carbocycles. The van der Waals surface area contributed by atoms with Crippen molar-refractivity contribution in [3.05, 3.63) is 53.8 Å². The van der Waals surface area contributed by atoms with E-state index in [1.807, 2.05) is 30.3 Å². The molecule has 2 aromatic rings. The topological polar surface area (TPSA) is 52.0 Å². The first-order valence-electron chi connectivity index (χ1n) is 5.20. The number of halogens is 1. The first-order chi connectivity index (χ1) is 8.24. The maximum Gasteiger partial charge on any atom is 0.128 e. The van der Waals surface area contributed by atoms with Gasteiger partial charge in [0.1, 0.15) is 5.82 Å². The van der Waals surface area contributed by atoms with Crippen LogP contribution >= 0.6 is 11.9 Å². The quantitative estimate of drug-likeness (QED) is 0.821. The smallest absolute Gasteiger partial charge is 0.128 e. The van der Waals surface area contributed by atoms with Crippen LogP contribution < -0.4 is 10.9 Å². The highest BCUT2D eigenvalue weighted by Gasteiger charge is 2.04. The van der Waals surface area contributed by atoms with E-state index in [4.69, 9.17) is 10.9 Å². The monoisotopic (exact) mass is 248 g/mol. The number of rotatable bonds is 3. The molecular weight excluding hydrogens is 235 g/mol. The fraction of sp³-hybridized carbons (Fsp3) is 0.0769. The molecule has 4 N–H and O–H groups in total. The molecule has 0 aromatic heterocycles. The summed E-state index contributed by atoms with van der Waals surface area (Å²) < 4.78 is 13.6. The van der Waals surface area contributed by atoms with E-state index < -0.39 is 0 Å². The summed E-state index contributed by atoms with van der Waals surface area (Å²) in [5.41, 5.74) is 7.73. The van der Waals surface area contributed by atoms with E-state index >= 15 is 0 Å². The van der Waals surface area contributed by atoms with Crippen LogP contribution in [0.15, 0.2) is 47.4 Å². The minimum Gasteiger partial charge on any atom is -0.326 e. The molecule has 0 radical (unpaired) electrons. The van der Waals surface area contributed by atoms with E-state index in [2.05, 4.69) is 0 Å². The number of benzene rings is 2. The Morgan fingerprint density at radius 3 is 2.47 bits per heavy atom. The Morgan fingerprint density at radius 1 is 1.06 bits per heavy atom. The Labute approximate surface area is 104 Å². The Balaban J connectivity index is 2.42. The third-order valence-electron chi connectivity index (χ3n) is 2.58. The molecule has 2 rings (SSSR count). The number of hydrogen-bond donors (Lipinski definition) is 2. The van der Waals surface area contributed by atoms with Gasteiger partial charge >= 0.3 is 0 Å². The minimum absolute atomic E-state index is 0.213. The van der Waals surface area contributed by atoms with Crippen molar-refractivity contribution in [3.63, 3.8) is 0 Å². The van der Waals surface area contributed by atoms with Crippen molar-refractivity contribution in [1.29, 1.82) is 0 Å². The molecule has 0 aliphatic rings. The zero-order valence-corrected chi connectivity index (χ0v) is 10.0. The third-order valence-corrected chi connectivity index (χ3v) is 3.10. The van der Waals surface area contributed by atoms with Crippen molar-refractivity contribution in [1.82, 2.24) is 0 Å². The standard InChI is InChI=1S/C13H13FN2S/c14-13-7-10(4-5-11(13)8-15)9-2-1-3-12(6-9)17-16/h1-7H,8,15-16H2. The van der Waals surface area contributed by atoms with Crippen LogP contribution in [0.2, 0.25) is 0 Å². The van der Waals surface area contributed by atoms with E-state index in [9.17, 15) is 4.39 Å². The minimum atomic E-state index is -0.268. The molecule has 0 heterocycles. The molecule has 0 fully saturated rings. The Hall–Kier alpha value is -1.36. The van der Waals surface area contributed by atoms with Gasteiger partial charge in [0, 0.05) is 17.0 Å². The van der Waals surface area contributed by atoms with Crippen LogP contribution in [0.25, 0.3) is 11.1 Å². The molecule has 0 aliphatic carbocycles. The predicted molar refractivity (Wildman–Crippen MR) is 69.8 cm³/mol. The molecule has 88 valence electrons. The van der Waals surface area contributed by atoms with Gasteiger partial charge < -0.3 is 5.73 Å². The molecule has 2 nitrogen and oxygen atoms in total. The van der Waals surface area contributed by atoms with Gasteiger partial charge in [-0.25, -0.2) is 4.39 Å². The zero-order chi connectivity index (χ0) is 12.3. The van der Waals surface area contributed by atoms with Crippen molar-refractivity contribution in [2.24, 2.45) is 10.9 Å². The summed E-state index contributed by atoms with van der Waals surface area (Å²) in [6.07, 6.45) is 0. The van der Waals surface area contributed by atoms with Crippen LogP contribution in [0.5, 0.6) is 0 Å². The van der Waals surface area contributed by atoms with Crippen molar-refractivity contribution in [2.45, 2.75) is 11.4 Å². The molecule has 0 bridgehead atoms. The first-order valence-corrected chi connectivity index (χ1v) is 6.08. The van der Waals surface area contributed by atoms with E-state index in [-0.39, 0.29) is 12.4 Å². The highest BCUT2D eigenvalue weighted by Crippen LogP contribution is 2.25. The maximum absolute atomic E-state index is 13.6. The lowest BCUT2D eigenvalue weighted by Crippen LogP contribution is -1.99. The largest absolute Gasteiger partial charge is 0.326 e. The molecule has 0 aliphatic heterocycles. The molecule has 0 amide bonds. The van der Waals surface area contributed by atoms with E-state index in [1.165, 1.54) is 18.0 Å². The zero-order valence-electron chi connectivity index (χ0n) is 9.19. The average molecular weight is 248 g/mol. The van der Waals surface area contributed by atoms with E-state index in [0.29, 0.717) is 5.56 Å². The first kappa shape index (κ1) is 12.1. The summed E-state index contributed by atoms with van der Waals surface area (Å²) >= 11 is 1.18. The SMILES string of the molecule is NCc1ccc(-c2cccc(SN)c2)cc1F. The lowest BCUT2D eigenvalue weighted by molar-refractivity contribution is 0.611. The highest BCUT2D eigenvalue weighted by molar-refractivity contribution is 7.97. The fourth-order valence-corrected chi connectivity index (χ4v) is 1.99. The molecular formula is C13H13FN2S. The van der Waals surface area contributed by atoms with Gasteiger partial charge in [-0.2, -0.15) is 0 Å². The van der Waals surface area contributed by atoms with Gasteiger partial charge in [-0.05, 0) is 41.3 Å². The summed E-state index contributed by atoms with van der Waals surface area (Å²) in [5.74, 6) is -0.268. The van der Waals surface area contributed by atoms with Crippen LogP contribution in [-0.4, -0.2) is 0 Å². The van der Waals surface area contributed by atoms with Crippen molar-refractivity contribution in [3.8, 4) is 11.1 Å². The summed E-state index contributed by atoms with van der Waals surface area (Å²) in [6.45, 7) is 0.213. The lowest BCUT2D eigenvalue weighted by atomic mass is 10.0. The lowest BCUT2D eigenvalue weighted by Gasteiger charge is -2.06. The molecule has 17 heavy (non-hydrogen) atoms. The second-order valence-electron chi connectivity index (χ2n) is 3.66. The molecule has 0 unspecified atom stereocenters. The van der Waals surface area contributed by atoms with Gasteiger partial charge in [-0.3, -0.25) is 5.14 Å². The van der Waals surface area contributed by atoms with Crippen molar-refractivity contribution < 1.29 is 4.39 Å². The normalized spacial score (nSPS) is 10.5. The Kier molecular flexibility index (Phi) is 3.78. The number of hydrogen-bond acceptors (Lipinski definition) is 3. The van der Waals surface area contributed by atoms with Crippen LogP contribution in [0.3, 0.4) is 0 Å². The Morgan fingerprint density at radius 2 is 1.82 bits per heavy atom. The fourth-order valence-electron chi connectivity index (χ4n) is 1.64. The predicted octanol–water partition coefficient (Wildman–Crippen LogP) is 2.92. The van der Waals surface area contributed by atoms with Gasteiger partial charge in [0.05, 0.1) is 0 Å². The van der Waals surface area contributed by atoms with Crippen LogP contribution in [-0.2, 0) is 6.54 Å². The van der Waals surface area contributed by atoms with Gasteiger partial charge in [-0.15, -0.1) is 0 Å². The third kappa shape index (κ3) is 2.66. The van der Waals surface area contributed by atoms with Gasteiger partial charge in [0.2, 0.25) is 0 Å². The summed E-state index contributed by atoms with van der Waals surface area (Å²) in [7, 11) is 0. The molecule has 0 saturated heterocycles. The Bertz CT molecular complexity index is 529. The maximum atomic E-state index is 13.6. The molecule has 0 atom stereocenters. The van der Waals surface area contributed by atoms with Crippen LogP contribution in [0, 0.1) is 5.82 Å². The second kappa shape index (κ2) is 5.31. The van der Waals surface area contributed by atoms with Gasteiger partial charge in [0.25, 0.3) is 0 Å². The summed E-state index contributed by atoms with van der Waals surface area (Å²) in [6, 6.07) is 12.8. The highest BCUT2D eigenvalue weighted by atomic mass is 32.2. The molecule has 0 spiro atoms. The van der Waals surface area contributed by atoms with Crippen molar-refractivity contribution >= 4 is 11.9 Å². The second-order valence-corrected chi connectivity index (χ2v) is 4.36. The van der Waals surface area contributed by atoms with E-state index in [1.54, 1.807) is 6.07 Å². The van der Waals surface area contributed by atoms with E-state index in [0.717, 1.165) is 16.0 Å². The summed E-state index contributed by atoms with van der Waals surface area (Å²) in [4.78, 5) is 0.950. The van der Waals surface area contributed by atoms with Crippen molar-refractivity contribution in [2.75, 3.05) is 0 Å². The van der Waals surface area contributed by atoms with Crippen LogP contribution in [0.4, 0.5) is 4.39 Å². The molecule has 0 saturated carbocycles. The average Bonchev–Trinajstić information content (AvgIpc) is 2.38. The number of nitrogens with two attached hydrogens (primary N) is 2. The van der Waals surface area contributed by atoms with Crippen LogP contribution in [0.1, 0.15) is 5.56 Å². The summed E-state index contributed by atoms with van der Waals surface area (Å²) in [5, 5.41) is 5.50. The van der Waals surface area contributed by atoms with Gasteiger partial charge in [-0.1, -0.05) is 24.3 Å². The van der Waals surface area contributed by atoms with Gasteiger partial charge in [0.15, 0.2) is 0 Å².